The topological polar surface area (TPSA) is 75.2 Å². The largest absolute Gasteiger partial charge is 0.350 e. The molecule has 3 heterocycles. The van der Waals surface area contributed by atoms with E-state index in [9.17, 15) is 9.59 Å². The normalized spacial score (nSPS) is 16.4. The zero-order valence-electron chi connectivity index (χ0n) is 15.5. The third-order valence-corrected chi connectivity index (χ3v) is 5.70. The van der Waals surface area contributed by atoms with Crippen molar-refractivity contribution in [1.29, 1.82) is 0 Å². The first-order valence-corrected chi connectivity index (χ1v) is 9.97. The van der Waals surface area contributed by atoms with E-state index >= 15 is 0 Å². The minimum Gasteiger partial charge on any atom is -0.350 e. The SMILES string of the molecule is Cc1ccc(N2CC(C(=O)NCc3csc(-c4ccncc4)n3)CC2=O)cc1. The van der Waals surface area contributed by atoms with E-state index in [1.54, 1.807) is 17.3 Å². The molecule has 2 amide bonds. The molecule has 1 aliphatic rings. The summed E-state index contributed by atoms with van der Waals surface area (Å²) >= 11 is 1.53. The van der Waals surface area contributed by atoms with Crippen molar-refractivity contribution in [3.8, 4) is 10.6 Å². The maximum Gasteiger partial charge on any atom is 0.227 e. The zero-order valence-corrected chi connectivity index (χ0v) is 16.3. The number of thiazole rings is 1. The highest BCUT2D eigenvalue weighted by molar-refractivity contribution is 7.13. The maximum atomic E-state index is 12.5. The third kappa shape index (κ3) is 3.94. The van der Waals surface area contributed by atoms with Crippen LogP contribution in [0.25, 0.3) is 10.6 Å². The van der Waals surface area contributed by atoms with Gasteiger partial charge in [0.15, 0.2) is 0 Å². The molecule has 6 nitrogen and oxygen atoms in total. The molecule has 0 saturated carbocycles. The first-order valence-electron chi connectivity index (χ1n) is 9.10. The van der Waals surface area contributed by atoms with Gasteiger partial charge in [-0.2, -0.15) is 0 Å². The fourth-order valence-corrected chi connectivity index (χ4v) is 4.02. The lowest BCUT2D eigenvalue weighted by molar-refractivity contribution is -0.126. The maximum absolute atomic E-state index is 12.5. The molecule has 0 radical (unpaired) electrons. The monoisotopic (exact) mass is 392 g/mol. The Morgan fingerprint density at radius 2 is 1.96 bits per heavy atom. The van der Waals surface area contributed by atoms with Crippen LogP contribution < -0.4 is 10.2 Å². The van der Waals surface area contributed by atoms with Gasteiger partial charge in [0, 0.05) is 42.0 Å². The molecule has 1 aromatic carbocycles. The molecular formula is C21H20N4O2S. The zero-order chi connectivity index (χ0) is 19.5. The number of carbonyl (C=O) groups excluding carboxylic acids is 2. The van der Waals surface area contributed by atoms with Crippen LogP contribution in [0.3, 0.4) is 0 Å². The second-order valence-electron chi connectivity index (χ2n) is 6.84. The second-order valence-corrected chi connectivity index (χ2v) is 7.70. The van der Waals surface area contributed by atoms with Gasteiger partial charge in [-0.15, -0.1) is 11.3 Å². The van der Waals surface area contributed by atoms with Gasteiger partial charge in [0.25, 0.3) is 0 Å². The summed E-state index contributed by atoms with van der Waals surface area (Å²) in [6.07, 6.45) is 3.70. The fourth-order valence-electron chi connectivity index (χ4n) is 3.19. The number of rotatable bonds is 5. The minimum atomic E-state index is -0.341. The van der Waals surface area contributed by atoms with Gasteiger partial charge in [0.2, 0.25) is 11.8 Å². The molecule has 1 N–H and O–H groups in total. The highest BCUT2D eigenvalue weighted by Crippen LogP contribution is 2.26. The summed E-state index contributed by atoms with van der Waals surface area (Å²) in [6.45, 7) is 2.77. The number of benzene rings is 1. The van der Waals surface area contributed by atoms with E-state index in [-0.39, 0.29) is 24.2 Å². The van der Waals surface area contributed by atoms with E-state index in [2.05, 4.69) is 15.3 Å². The summed E-state index contributed by atoms with van der Waals surface area (Å²) in [4.78, 5) is 35.1. The molecule has 1 fully saturated rings. The van der Waals surface area contributed by atoms with Gasteiger partial charge in [0.1, 0.15) is 5.01 Å². The van der Waals surface area contributed by atoms with Crippen molar-refractivity contribution in [2.45, 2.75) is 19.9 Å². The Kier molecular flexibility index (Phi) is 5.16. The van der Waals surface area contributed by atoms with E-state index in [0.717, 1.165) is 27.5 Å². The number of amides is 2. The van der Waals surface area contributed by atoms with Crippen LogP contribution in [0.1, 0.15) is 17.7 Å². The average molecular weight is 392 g/mol. The molecule has 0 spiro atoms. The highest BCUT2D eigenvalue weighted by atomic mass is 32.1. The highest BCUT2D eigenvalue weighted by Gasteiger charge is 2.35. The Morgan fingerprint density at radius 3 is 2.71 bits per heavy atom. The van der Waals surface area contributed by atoms with Crippen LogP contribution >= 0.6 is 11.3 Å². The van der Waals surface area contributed by atoms with Crippen molar-refractivity contribution in [3.63, 3.8) is 0 Å². The molecule has 2 aromatic heterocycles. The summed E-state index contributed by atoms with van der Waals surface area (Å²) < 4.78 is 0. The standard InChI is InChI=1S/C21H20N4O2S/c1-14-2-4-18(5-3-14)25-12-16(10-19(25)26)20(27)23-11-17-13-28-21(24-17)15-6-8-22-9-7-15/h2-9,13,16H,10-12H2,1H3,(H,23,27). The number of nitrogens with one attached hydrogen (secondary N) is 1. The number of hydrogen-bond donors (Lipinski definition) is 1. The lowest BCUT2D eigenvalue weighted by atomic mass is 10.1. The summed E-state index contributed by atoms with van der Waals surface area (Å²) in [5.41, 5.74) is 3.80. The van der Waals surface area contributed by atoms with Crippen molar-refractivity contribution in [1.82, 2.24) is 15.3 Å². The molecule has 142 valence electrons. The number of hydrogen-bond acceptors (Lipinski definition) is 5. The lowest BCUT2D eigenvalue weighted by Crippen LogP contribution is -2.32. The van der Waals surface area contributed by atoms with E-state index < -0.39 is 0 Å². The van der Waals surface area contributed by atoms with Gasteiger partial charge in [-0.05, 0) is 31.2 Å². The lowest BCUT2D eigenvalue weighted by Gasteiger charge is -2.16. The number of aromatic nitrogens is 2. The molecule has 7 heteroatoms. The van der Waals surface area contributed by atoms with Crippen molar-refractivity contribution in [2.24, 2.45) is 5.92 Å². The predicted octanol–water partition coefficient (Wildman–Crippen LogP) is 3.18. The molecule has 1 unspecified atom stereocenters. The molecule has 1 saturated heterocycles. The average Bonchev–Trinajstić information content (AvgIpc) is 3.34. The van der Waals surface area contributed by atoms with Crippen molar-refractivity contribution < 1.29 is 9.59 Å². The summed E-state index contributed by atoms with van der Waals surface area (Å²) in [6, 6.07) is 11.6. The smallest absolute Gasteiger partial charge is 0.227 e. The number of carbonyl (C=O) groups is 2. The summed E-state index contributed by atoms with van der Waals surface area (Å²) in [7, 11) is 0. The molecular weight excluding hydrogens is 372 g/mol. The molecule has 0 aliphatic carbocycles. The number of aryl methyl sites for hydroxylation is 1. The van der Waals surface area contributed by atoms with Gasteiger partial charge in [-0.25, -0.2) is 4.98 Å². The van der Waals surface area contributed by atoms with E-state index in [1.807, 2.05) is 48.7 Å². The first kappa shape index (κ1) is 18.3. The molecule has 3 aromatic rings. The van der Waals surface area contributed by atoms with E-state index in [4.69, 9.17) is 0 Å². The van der Waals surface area contributed by atoms with Crippen LogP contribution in [0.2, 0.25) is 0 Å². The molecule has 28 heavy (non-hydrogen) atoms. The van der Waals surface area contributed by atoms with Crippen LogP contribution in [0.5, 0.6) is 0 Å². The molecule has 0 bridgehead atoms. The Labute approximate surface area is 167 Å². The quantitative estimate of drug-likeness (QED) is 0.724. The first-order chi connectivity index (χ1) is 13.6. The van der Waals surface area contributed by atoms with Crippen LogP contribution in [-0.2, 0) is 16.1 Å². The Balaban J connectivity index is 1.35. The second kappa shape index (κ2) is 7.90. The third-order valence-electron chi connectivity index (χ3n) is 4.76. The van der Waals surface area contributed by atoms with E-state index in [0.29, 0.717) is 13.1 Å². The van der Waals surface area contributed by atoms with Gasteiger partial charge in [-0.1, -0.05) is 17.7 Å². The number of nitrogens with zero attached hydrogens (tertiary/aromatic N) is 3. The summed E-state index contributed by atoms with van der Waals surface area (Å²) in [5, 5.41) is 5.76. The van der Waals surface area contributed by atoms with Gasteiger partial charge < -0.3 is 10.2 Å². The predicted molar refractivity (Wildman–Crippen MR) is 109 cm³/mol. The number of anilines is 1. The van der Waals surface area contributed by atoms with Crippen LogP contribution in [0.15, 0.2) is 54.2 Å². The molecule has 1 atom stereocenters. The van der Waals surface area contributed by atoms with Gasteiger partial charge in [-0.3, -0.25) is 14.6 Å². The van der Waals surface area contributed by atoms with Gasteiger partial charge in [0.05, 0.1) is 18.2 Å². The van der Waals surface area contributed by atoms with Crippen molar-refractivity contribution in [3.05, 3.63) is 65.4 Å². The fraction of sp³-hybridized carbons (Fsp3) is 0.238. The number of pyridine rings is 1. The molecule has 1 aliphatic heterocycles. The van der Waals surface area contributed by atoms with Crippen LogP contribution in [0, 0.1) is 12.8 Å². The summed E-state index contributed by atoms with van der Waals surface area (Å²) in [5.74, 6) is -0.467. The minimum absolute atomic E-state index is 0.0161. The Morgan fingerprint density at radius 1 is 1.21 bits per heavy atom. The van der Waals surface area contributed by atoms with Gasteiger partial charge >= 0.3 is 0 Å². The van der Waals surface area contributed by atoms with Crippen molar-refractivity contribution in [2.75, 3.05) is 11.4 Å². The Bertz CT molecular complexity index is 985. The van der Waals surface area contributed by atoms with E-state index in [1.165, 1.54) is 11.3 Å². The van der Waals surface area contributed by atoms with Crippen molar-refractivity contribution >= 4 is 28.8 Å². The van der Waals surface area contributed by atoms with Crippen LogP contribution in [0.4, 0.5) is 5.69 Å². The molecule has 4 rings (SSSR count). The van der Waals surface area contributed by atoms with Crippen LogP contribution in [-0.4, -0.2) is 28.3 Å². The Hall–Kier alpha value is -3.06.